The molecule has 2 aromatic rings. The molecule has 0 radical (unpaired) electrons. The highest BCUT2D eigenvalue weighted by molar-refractivity contribution is 5.83. The number of nitrogens with one attached hydrogen (secondary N) is 1. The van der Waals surface area contributed by atoms with Gasteiger partial charge in [-0.3, -0.25) is 4.79 Å². The standard InChI is InChI=1S/C11H10N2O3/c1-6-10(13-15)11(14)8-5-7(16-2)3-4-9(8)12-6/h3-5H,1-2H3,(H,12,14). The van der Waals surface area contributed by atoms with Crippen LogP contribution in [-0.2, 0) is 0 Å². The fraction of sp³-hybridized carbons (Fsp3) is 0.182. The van der Waals surface area contributed by atoms with Gasteiger partial charge in [-0.05, 0) is 30.3 Å². The minimum atomic E-state index is -0.375. The Hall–Kier alpha value is -2.17. The number of ether oxygens (including phenoxy) is 1. The molecular weight excluding hydrogens is 208 g/mol. The molecule has 16 heavy (non-hydrogen) atoms. The van der Waals surface area contributed by atoms with Gasteiger partial charge >= 0.3 is 0 Å². The van der Waals surface area contributed by atoms with Crippen LogP contribution in [0.2, 0.25) is 0 Å². The molecule has 0 bridgehead atoms. The van der Waals surface area contributed by atoms with Gasteiger partial charge in [0, 0.05) is 11.2 Å². The zero-order valence-electron chi connectivity index (χ0n) is 8.90. The van der Waals surface area contributed by atoms with Crippen molar-refractivity contribution >= 4 is 16.6 Å². The lowest BCUT2D eigenvalue weighted by atomic mass is 10.1. The van der Waals surface area contributed by atoms with Crippen LogP contribution < -0.4 is 10.2 Å². The third-order valence-corrected chi connectivity index (χ3v) is 2.46. The highest BCUT2D eigenvalue weighted by Gasteiger charge is 2.10. The van der Waals surface area contributed by atoms with Crippen LogP contribution in [0, 0.1) is 11.8 Å². The van der Waals surface area contributed by atoms with E-state index in [4.69, 9.17) is 4.74 Å². The summed E-state index contributed by atoms with van der Waals surface area (Å²) in [5.74, 6) is 0.568. The van der Waals surface area contributed by atoms with Gasteiger partial charge in [-0.25, -0.2) is 0 Å². The van der Waals surface area contributed by atoms with Crippen molar-refractivity contribution in [2.24, 2.45) is 5.18 Å². The Kier molecular flexibility index (Phi) is 2.44. The van der Waals surface area contributed by atoms with Crippen molar-refractivity contribution in [1.82, 2.24) is 4.98 Å². The first-order valence-corrected chi connectivity index (χ1v) is 4.71. The van der Waals surface area contributed by atoms with E-state index < -0.39 is 0 Å². The summed E-state index contributed by atoms with van der Waals surface area (Å²) in [4.78, 5) is 25.4. The lowest BCUT2D eigenvalue weighted by molar-refractivity contribution is 0.415. The van der Waals surface area contributed by atoms with E-state index in [-0.39, 0.29) is 11.1 Å². The molecule has 0 atom stereocenters. The molecule has 0 amide bonds. The predicted octanol–water partition coefficient (Wildman–Crippen LogP) is 2.24. The van der Waals surface area contributed by atoms with E-state index in [1.165, 1.54) is 7.11 Å². The number of hydrogen-bond donors (Lipinski definition) is 1. The summed E-state index contributed by atoms with van der Waals surface area (Å²) in [7, 11) is 1.52. The van der Waals surface area contributed by atoms with Crippen molar-refractivity contribution < 1.29 is 4.74 Å². The first-order chi connectivity index (χ1) is 7.67. The molecule has 5 nitrogen and oxygen atoms in total. The average Bonchev–Trinajstić information content (AvgIpc) is 2.29. The van der Waals surface area contributed by atoms with E-state index in [9.17, 15) is 9.70 Å². The molecule has 1 N–H and O–H groups in total. The van der Waals surface area contributed by atoms with Gasteiger partial charge in [0.2, 0.25) is 5.43 Å². The number of pyridine rings is 1. The Labute approximate surface area is 91.0 Å². The van der Waals surface area contributed by atoms with Gasteiger partial charge in [-0.2, -0.15) is 0 Å². The lowest BCUT2D eigenvalue weighted by Gasteiger charge is -2.04. The summed E-state index contributed by atoms with van der Waals surface area (Å²) in [6.07, 6.45) is 0. The largest absolute Gasteiger partial charge is 0.497 e. The highest BCUT2D eigenvalue weighted by atomic mass is 16.5. The van der Waals surface area contributed by atoms with Crippen LogP contribution in [0.4, 0.5) is 5.69 Å². The fourth-order valence-electron chi connectivity index (χ4n) is 1.62. The van der Waals surface area contributed by atoms with E-state index in [2.05, 4.69) is 10.2 Å². The minimum absolute atomic E-state index is 0.0826. The maximum Gasteiger partial charge on any atom is 0.218 e. The van der Waals surface area contributed by atoms with Crippen LogP contribution in [0.5, 0.6) is 5.75 Å². The van der Waals surface area contributed by atoms with Gasteiger partial charge in [0.05, 0.1) is 12.5 Å². The molecule has 5 heteroatoms. The van der Waals surface area contributed by atoms with Crippen molar-refractivity contribution in [3.05, 3.63) is 39.0 Å². The van der Waals surface area contributed by atoms with Gasteiger partial charge in [-0.15, -0.1) is 4.91 Å². The molecule has 0 unspecified atom stereocenters. The van der Waals surface area contributed by atoms with Crippen LogP contribution in [0.3, 0.4) is 0 Å². The Morgan fingerprint density at radius 3 is 2.75 bits per heavy atom. The summed E-state index contributed by atoms with van der Waals surface area (Å²) >= 11 is 0. The van der Waals surface area contributed by atoms with Gasteiger partial charge in [0.15, 0.2) is 5.69 Å². The fourth-order valence-corrected chi connectivity index (χ4v) is 1.62. The second kappa shape index (κ2) is 3.77. The molecule has 1 aromatic carbocycles. The topological polar surface area (TPSA) is 71.5 Å². The lowest BCUT2D eigenvalue weighted by Crippen LogP contribution is -2.05. The summed E-state index contributed by atoms with van der Waals surface area (Å²) in [6.45, 7) is 1.64. The number of aryl methyl sites for hydroxylation is 1. The molecule has 0 spiro atoms. The van der Waals surface area contributed by atoms with E-state index >= 15 is 0 Å². The number of nitrogens with zero attached hydrogens (tertiary/aromatic N) is 1. The molecule has 1 heterocycles. The second-order valence-corrected chi connectivity index (χ2v) is 3.43. The third kappa shape index (κ3) is 1.46. The SMILES string of the molecule is COc1ccc2[nH]c(C)c(N=O)c(=O)c2c1. The monoisotopic (exact) mass is 218 g/mol. The van der Waals surface area contributed by atoms with Crippen molar-refractivity contribution in [3.8, 4) is 5.75 Å². The Balaban J connectivity index is 2.89. The van der Waals surface area contributed by atoms with Crippen LogP contribution in [0.25, 0.3) is 10.9 Å². The average molecular weight is 218 g/mol. The molecule has 0 fully saturated rings. The number of hydrogen-bond acceptors (Lipinski definition) is 4. The molecule has 0 aliphatic carbocycles. The molecule has 1 aromatic heterocycles. The Bertz CT molecular complexity index is 616. The normalized spacial score (nSPS) is 10.4. The molecule has 0 aliphatic rings. The second-order valence-electron chi connectivity index (χ2n) is 3.43. The smallest absolute Gasteiger partial charge is 0.218 e. The molecule has 0 saturated carbocycles. The Morgan fingerprint density at radius 2 is 2.12 bits per heavy atom. The molecule has 2 rings (SSSR count). The molecule has 0 saturated heterocycles. The molecular formula is C11H10N2O3. The maximum absolute atomic E-state index is 11.9. The molecule has 82 valence electrons. The number of methoxy groups -OCH3 is 1. The van der Waals surface area contributed by atoms with Crippen LogP contribution in [0.1, 0.15) is 5.69 Å². The summed E-state index contributed by atoms with van der Waals surface area (Å²) < 4.78 is 5.02. The number of rotatable bonds is 2. The number of aromatic amines is 1. The van der Waals surface area contributed by atoms with E-state index in [0.29, 0.717) is 22.3 Å². The zero-order chi connectivity index (χ0) is 11.7. The quantitative estimate of drug-likeness (QED) is 0.785. The zero-order valence-corrected chi connectivity index (χ0v) is 8.90. The van der Waals surface area contributed by atoms with E-state index in [0.717, 1.165) is 0 Å². The first-order valence-electron chi connectivity index (χ1n) is 4.71. The predicted molar refractivity (Wildman–Crippen MR) is 61.3 cm³/mol. The van der Waals surface area contributed by atoms with Crippen molar-refractivity contribution in [1.29, 1.82) is 0 Å². The Morgan fingerprint density at radius 1 is 1.38 bits per heavy atom. The van der Waals surface area contributed by atoms with E-state index in [1.54, 1.807) is 25.1 Å². The van der Waals surface area contributed by atoms with Crippen molar-refractivity contribution in [2.75, 3.05) is 7.11 Å². The van der Waals surface area contributed by atoms with Crippen molar-refractivity contribution in [3.63, 3.8) is 0 Å². The summed E-state index contributed by atoms with van der Waals surface area (Å²) in [6, 6.07) is 5.06. The van der Waals surface area contributed by atoms with Gasteiger partial charge in [0.1, 0.15) is 5.75 Å². The third-order valence-electron chi connectivity index (χ3n) is 2.46. The van der Waals surface area contributed by atoms with Crippen LogP contribution >= 0.6 is 0 Å². The van der Waals surface area contributed by atoms with Gasteiger partial charge in [-0.1, -0.05) is 0 Å². The first kappa shape index (κ1) is 10.4. The molecule has 0 aliphatic heterocycles. The maximum atomic E-state index is 11.9. The highest BCUT2D eigenvalue weighted by Crippen LogP contribution is 2.20. The van der Waals surface area contributed by atoms with Crippen LogP contribution in [-0.4, -0.2) is 12.1 Å². The van der Waals surface area contributed by atoms with Crippen LogP contribution in [0.15, 0.2) is 28.2 Å². The number of H-pyrrole nitrogens is 1. The van der Waals surface area contributed by atoms with Crippen molar-refractivity contribution in [2.45, 2.75) is 6.92 Å². The number of benzene rings is 1. The van der Waals surface area contributed by atoms with Gasteiger partial charge < -0.3 is 9.72 Å². The summed E-state index contributed by atoms with van der Waals surface area (Å²) in [5, 5.41) is 3.14. The number of nitroso groups, excluding NO2 is 1. The number of fused-ring (bicyclic) bond motifs is 1. The van der Waals surface area contributed by atoms with E-state index in [1.807, 2.05) is 0 Å². The summed E-state index contributed by atoms with van der Waals surface area (Å²) in [5.41, 5.74) is 0.675. The number of aromatic nitrogens is 1. The minimum Gasteiger partial charge on any atom is -0.497 e. The van der Waals surface area contributed by atoms with Gasteiger partial charge in [0.25, 0.3) is 0 Å².